The first kappa shape index (κ1) is 11.3. The van der Waals surface area contributed by atoms with Gasteiger partial charge in [-0.05, 0) is 19.9 Å². The number of carboxylic acids is 1. The number of hydrogen-bond donors (Lipinski definition) is 1. The Morgan fingerprint density at radius 1 is 1.50 bits per heavy atom. The topological polar surface area (TPSA) is 50.2 Å². The standard InChI is InChI=1S/C9H9Cl2NO2/c1-9(2,8(13)14)7-6(11)3-5(10)4-12-7/h3-4H,1-2H3,(H,13,14). The Morgan fingerprint density at radius 2 is 2.07 bits per heavy atom. The predicted octanol–water partition coefficient (Wildman–Crippen LogP) is 2.75. The van der Waals surface area contributed by atoms with Gasteiger partial charge in [-0.3, -0.25) is 9.78 Å². The van der Waals surface area contributed by atoms with Crippen molar-refractivity contribution in [2.24, 2.45) is 0 Å². The average molecular weight is 234 g/mol. The highest BCUT2D eigenvalue weighted by Gasteiger charge is 2.33. The number of hydrogen-bond acceptors (Lipinski definition) is 2. The number of halogens is 2. The molecule has 76 valence electrons. The first-order chi connectivity index (χ1) is 6.35. The van der Waals surface area contributed by atoms with Crippen LogP contribution in [0.3, 0.4) is 0 Å². The molecule has 0 unspecified atom stereocenters. The second kappa shape index (κ2) is 3.75. The van der Waals surface area contributed by atoms with Crippen LogP contribution in [-0.4, -0.2) is 16.1 Å². The van der Waals surface area contributed by atoms with Gasteiger partial charge in [0.25, 0.3) is 0 Å². The lowest BCUT2D eigenvalue weighted by atomic mass is 9.89. The number of carbonyl (C=O) groups is 1. The third-order valence-corrected chi connectivity index (χ3v) is 2.43. The normalized spacial score (nSPS) is 11.4. The molecule has 0 atom stereocenters. The van der Waals surface area contributed by atoms with Gasteiger partial charge in [-0.1, -0.05) is 23.2 Å². The minimum atomic E-state index is -1.11. The Bertz CT molecular complexity index is 377. The van der Waals surface area contributed by atoms with Crippen molar-refractivity contribution < 1.29 is 9.90 Å². The maximum atomic E-state index is 10.9. The second-order valence-electron chi connectivity index (χ2n) is 3.41. The smallest absolute Gasteiger partial charge is 0.315 e. The molecule has 0 aromatic carbocycles. The van der Waals surface area contributed by atoms with Crippen molar-refractivity contribution in [2.75, 3.05) is 0 Å². The average Bonchev–Trinajstić information content (AvgIpc) is 2.02. The molecule has 1 aromatic rings. The molecule has 0 bridgehead atoms. The van der Waals surface area contributed by atoms with Crippen molar-refractivity contribution in [2.45, 2.75) is 19.3 Å². The highest BCUT2D eigenvalue weighted by Crippen LogP contribution is 2.29. The number of rotatable bonds is 2. The van der Waals surface area contributed by atoms with Gasteiger partial charge < -0.3 is 5.11 Å². The molecule has 1 N–H and O–H groups in total. The van der Waals surface area contributed by atoms with E-state index in [4.69, 9.17) is 28.3 Å². The third-order valence-electron chi connectivity index (χ3n) is 1.93. The van der Waals surface area contributed by atoms with Crippen molar-refractivity contribution in [3.63, 3.8) is 0 Å². The number of pyridine rings is 1. The van der Waals surface area contributed by atoms with E-state index in [1.165, 1.54) is 26.1 Å². The van der Waals surface area contributed by atoms with E-state index in [0.717, 1.165) is 0 Å². The van der Waals surface area contributed by atoms with Gasteiger partial charge in [-0.2, -0.15) is 0 Å². The zero-order valence-corrected chi connectivity index (χ0v) is 9.23. The molecule has 3 nitrogen and oxygen atoms in total. The summed E-state index contributed by atoms with van der Waals surface area (Å²) in [5, 5.41) is 9.61. The van der Waals surface area contributed by atoms with Crippen LogP contribution in [0.1, 0.15) is 19.5 Å². The Labute approximate surface area is 91.7 Å². The second-order valence-corrected chi connectivity index (χ2v) is 4.26. The third kappa shape index (κ3) is 1.99. The van der Waals surface area contributed by atoms with Crippen molar-refractivity contribution in [1.29, 1.82) is 0 Å². The van der Waals surface area contributed by atoms with Crippen LogP contribution in [0.15, 0.2) is 12.3 Å². The summed E-state index contributed by atoms with van der Waals surface area (Å²) in [6.07, 6.45) is 1.38. The fourth-order valence-electron chi connectivity index (χ4n) is 0.976. The number of carboxylic acid groups (broad SMARTS) is 1. The van der Waals surface area contributed by atoms with E-state index in [-0.39, 0.29) is 5.02 Å². The van der Waals surface area contributed by atoms with Gasteiger partial charge in [0.2, 0.25) is 0 Å². The quantitative estimate of drug-likeness (QED) is 0.855. The van der Waals surface area contributed by atoms with E-state index in [1.54, 1.807) is 0 Å². The summed E-state index contributed by atoms with van der Waals surface area (Å²) in [5.41, 5.74) is -0.794. The molecule has 0 saturated carbocycles. The van der Waals surface area contributed by atoms with Crippen LogP contribution < -0.4 is 0 Å². The molecule has 0 radical (unpaired) electrons. The molecule has 1 heterocycles. The van der Waals surface area contributed by atoms with Crippen molar-refractivity contribution in [1.82, 2.24) is 4.98 Å². The maximum Gasteiger partial charge on any atom is 0.315 e. The van der Waals surface area contributed by atoms with Gasteiger partial charge >= 0.3 is 5.97 Å². The molecule has 0 amide bonds. The Hall–Kier alpha value is -0.800. The molecule has 0 fully saturated rings. The van der Waals surface area contributed by atoms with Crippen molar-refractivity contribution in [3.8, 4) is 0 Å². The van der Waals surface area contributed by atoms with Crippen LogP contribution >= 0.6 is 23.2 Å². The van der Waals surface area contributed by atoms with E-state index in [9.17, 15) is 4.79 Å². The van der Waals surface area contributed by atoms with Gasteiger partial charge in [-0.15, -0.1) is 0 Å². The molecule has 1 aromatic heterocycles. The monoisotopic (exact) mass is 233 g/mol. The summed E-state index contributed by atoms with van der Waals surface area (Å²) in [4.78, 5) is 14.9. The summed E-state index contributed by atoms with van der Waals surface area (Å²) in [6.45, 7) is 3.08. The lowest BCUT2D eigenvalue weighted by Gasteiger charge is -2.19. The highest BCUT2D eigenvalue weighted by atomic mass is 35.5. The Balaban J connectivity index is 3.26. The zero-order valence-electron chi connectivity index (χ0n) is 7.71. The summed E-state index contributed by atoms with van der Waals surface area (Å²) in [7, 11) is 0. The SMILES string of the molecule is CC(C)(C(=O)O)c1ncc(Cl)cc1Cl. The van der Waals surface area contributed by atoms with E-state index < -0.39 is 11.4 Å². The lowest BCUT2D eigenvalue weighted by molar-refractivity contribution is -0.142. The first-order valence-electron chi connectivity index (χ1n) is 3.90. The maximum absolute atomic E-state index is 10.9. The molecule has 14 heavy (non-hydrogen) atoms. The molecule has 0 saturated heterocycles. The van der Waals surface area contributed by atoms with Gasteiger partial charge in [0.1, 0.15) is 5.41 Å². The molecular weight excluding hydrogens is 225 g/mol. The number of aliphatic carboxylic acids is 1. The van der Waals surface area contributed by atoms with Crippen molar-refractivity contribution in [3.05, 3.63) is 28.0 Å². The first-order valence-corrected chi connectivity index (χ1v) is 4.66. The van der Waals surface area contributed by atoms with Gasteiger partial charge in [0.15, 0.2) is 0 Å². The molecule has 0 aliphatic heterocycles. The van der Waals surface area contributed by atoms with E-state index >= 15 is 0 Å². The molecule has 5 heteroatoms. The summed E-state index contributed by atoms with van der Waals surface area (Å²) in [5.74, 6) is -0.978. The van der Waals surface area contributed by atoms with Gasteiger partial charge in [0.05, 0.1) is 15.7 Å². The van der Waals surface area contributed by atoms with E-state index in [0.29, 0.717) is 10.7 Å². The fourth-order valence-corrected chi connectivity index (χ4v) is 1.59. The highest BCUT2D eigenvalue weighted by molar-refractivity contribution is 6.35. The predicted molar refractivity (Wildman–Crippen MR) is 54.9 cm³/mol. The minimum absolute atomic E-state index is 0.268. The fraction of sp³-hybridized carbons (Fsp3) is 0.333. The summed E-state index contributed by atoms with van der Waals surface area (Å²) < 4.78 is 0. The van der Waals surface area contributed by atoms with E-state index in [1.807, 2.05) is 0 Å². The van der Waals surface area contributed by atoms with Gasteiger partial charge in [-0.25, -0.2) is 0 Å². The molecule has 1 rings (SSSR count). The van der Waals surface area contributed by atoms with Crippen LogP contribution in [0.25, 0.3) is 0 Å². The number of nitrogens with zero attached hydrogens (tertiary/aromatic N) is 1. The summed E-state index contributed by atoms with van der Waals surface area (Å²) in [6, 6.07) is 1.48. The largest absolute Gasteiger partial charge is 0.481 e. The molecule has 0 spiro atoms. The zero-order chi connectivity index (χ0) is 10.9. The number of aromatic nitrogens is 1. The molecule has 0 aliphatic carbocycles. The van der Waals surface area contributed by atoms with Crippen LogP contribution in [-0.2, 0) is 10.2 Å². The van der Waals surface area contributed by atoms with Crippen LogP contribution in [0.5, 0.6) is 0 Å². The molecular formula is C9H9Cl2NO2. The van der Waals surface area contributed by atoms with Crippen LogP contribution in [0.2, 0.25) is 10.0 Å². The lowest BCUT2D eigenvalue weighted by Crippen LogP contribution is -2.30. The Kier molecular flexibility index (Phi) is 3.02. The van der Waals surface area contributed by atoms with Crippen LogP contribution in [0.4, 0.5) is 0 Å². The van der Waals surface area contributed by atoms with Crippen molar-refractivity contribution >= 4 is 29.2 Å². The molecule has 0 aliphatic rings. The van der Waals surface area contributed by atoms with Gasteiger partial charge in [0, 0.05) is 6.20 Å². The summed E-state index contributed by atoms with van der Waals surface area (Å²) >= 11 is 11.5. The minimum Gasteiger partial charge on any atom is -0.481 e. The Morgan fingerprint density at radius 3 is 2.50 bits per heavy atom. The van der Waals surface area contributed by atoms with E-state index in [2.05, 4.69) is 4.98 Å². The van der Waals surface area contributed by atoms with Crippen LogP contribution in [0, 0.1) is 0 Å².